The van der Waals surface area contributed by atoms with Crippen LogP contribution in [-0.4, -0.2) is 50.6 Å². The number of hydrogen-bond acceptors (Lipinski definition) is 5. The highest BCUT2D eigenvalue weighted by molar-refractivity contribution is 6.05. The van der Waals surface area contributed by atoms with Crippen molar-refractivity contribution in [2.24, 2.45) is 0 Å². The first-order valence-corrected chi connectivity index (χ1v) is 10.8. The Morgan fingerprint density at radius 3 is 2.71 bits per heavy atom. The number of amides is 3. The van der Waals surface area contributed by atoms with Crippen LogP contribution in [0, 0.1) is 0 Å². The highest BCUT2D eigenvalue weighted by atomic mass is 16.2. The number of carbonyl (C=O) groups excluding carboxylic acids is 3. The van der Waals surface area contributed by atoms with E-state index in [1.165, 1.54) is 12.0 Å². The van der Waals surface area contributed by atoms with Gasteiger partial charge < -0.3 is 4.90 Å². The number of hydrogen-bond donors (Lipinski definition) is 1. The van der Waals surface area contributed by atoms with Gasteiger partial charge in [0, 0.05) is 48.9 Å². The van der Waals surface area contributed by atoms with Gasteiger partial charge in [0.1, 0.15) is 6.04 Å². The molecule has 0 aliphatic carbocycles. The maximum Gasteiger partial charge on any atom is 0.255 e. The molecule has 3 amide bonds. The highest BCUT2D eigenvalue weighted by Crippen LogP contribution is 2.33. The number of imide groups is 1. The Morgan fingerprint density at radius 1 is 1.16 bits per heavy atom. The third-order valence-corrected chi connectivity index (χ3v) is 6.87. The second kappa shape index (κ2) is 7.27. The van der Waals surface area contributed by atoms with Crippen LogP contribution in [0.2, 0.25) is 0 Å². The molecule has 3 aliphatic heterocycles. The van der Waals surface area contributed by atoms with Gasteiger partial charge in [0.25, 0.3) is 5.91 Å². The van der Waals surface area contributed by atoms with E-state index in [9.17, 15) is 14.4 Å². The van der Waals surface area contributed by atoms with Crippen molar-refractivity contribution in [3.63, 3.8) is 0 Å². The van der Waals surface area contributed by atoms with Crippen molar-refractivity contribution in [3.05, 3.63) is 53.2 Å². The summed E-state index contributed by atoms with van der Waals surface area (Å²) in [5, 5.41) is 2.34. The van der Waals surface area contributed by atoms with Crippen molar-refractivity contribution in [3.8, 4) is 11.3 Å². The Balaban J connectivity index is 1.36. The van der Waals surface area contributed by atoms with Crippen molar-refractivity contribution >= 4 is 17.7 Å². The fourth-order valence-electron chi connectivity index (χ4n) is 4.69. The molecule has 0 radical (unpaired) electrons. The Bertz CT molecular complexity index is 1090. The van der Waals surface area contributed by atoms with Gasteiger partial charge >= 0.3 is 0 Å². The first kappa shape index (κ1) is 19.9. The molecule has 1 unspecified atom stereocenters. The van der Waals surface area contributed by atoms with Crippen LogP contribution < -0.4 is 5.32 Å². The summed E-state index contributed by atoms with van der Waals surface area (Å²) < 4.78 is 0. The molecule has 1 atom stereocenters. The number of nitrogens with zero attached hydrogens (tertiary/aromatic N) is 3. The van der Waals surface area contributed by atoms with Crippen LogP contribution in [0.5, 0.6) is 0 Å². The van der Waals surface area contributed by atoms with Crippen LogP contribution in [-0.2, 0) is 22.7 Å². The van der Waals surface area contributed by atoms with E-state index >= 15 is 0 Å². The molecule has 2 saturated heterocycles. The molecule has 1 aromatic carbocycles. The molecule has 31 heavy (non-hydrogen) atoms. The lowest BCUT2D eigenvalue weighted by molar-refractivity contribution is -0.136. The van der Waals surface area contributed by atoms with Gasteiger partial charge in [0.2, 0.25) is 11.8 Å². The summed E-state index contributed by atoms with van der Waals surface area (Å²) in [6, 6.07) is 9.32. The Kier molecular flexibility index (Phi) is 4.66. The summed E-state index contributed by atoms with van der Waals surface area (Å²) in [6.07, 6.45) is 3.68. The van der Waals surface area contributed by atoms with Crippen molar-refractivity contribution in [2.75, 3.05) is 6.54 Å². The van der Waals surface area contributed by atoms with Crippen molar-refractivity contribution in [2.45, 2.75) is 57.8 Å². The monoisotopic (exact) mass is 418 g/mol. The summed E-state index contributed by atoms with van der Waals surface area (Å²) in [5.74, 6) is -0.820. The molecule has 4 heterocycles. The highest BCUT2D eigenvalue weighted by Gasteiger charge is 2.39. The van der Waals surface area contributed by atoms with Crippen LogP contribution in [0.1, 0.15) is 54.6 Å². The minimum Gasteiger partial charge on any atom is -0.322 e. The number of nitrogens with one attached hydrogen (secondary N) is 1. The van der Waals surface area contributed by atoms with Gasteiger partial charge in [-0.3, -0.25) is 29.6 Å². The molecule has 7 heteroatoms. The number of likely N-dealkylation sites (tertiary alicyclic amines) is 1. The lowest BCUT2D eigenvalue weighted by Gasteiger charge is -2.48. The van der Waals surface area contributed by atoms with E-state index < -0.39 is 6.04 Å². The largest absolute Gasteiger partial charge is 0.322 e. The van der Waals surface area contributed by atoms with Gasteiger partial charge in [0.15, 0.2) is 0 Å². The SMILES string of the molecule is CC1(C)CCN1Cc1ccnc(-c2ccc3c(c2)CN(C2CCC(=O)NC2=O)C3=O)c1. The van der Waals surface area contributed by atoms with E-state index in [0.717, 1.165) is 29.9 Å². The molecule has 1 N–H and O–H groups in total. The number of benzene rings is 1. The Hall–Kier alpha value is -3.06. The van der Waals surface area contributed by atoms with Crippen molar-refractivity contribution < 1.29 is 14.4 Å². The average Bonchev–Trinajstić information content (AvgIpc) is 3.07. The normalized spacial score (nSPS) is 22.8. The van der Waals surface area contributed by atoms with Gasteiger partial charge in [0.05, 0.1) is 5.69 Å². The third-order valence-electron chi connectivity index (χ3n) is 6.87. The topological polar surface area (TPSA) is 82.6 Å². The average molecular weight is 418 g/mol. The maximum atomic E-state index is 12.9. The van der Waals surface area contributed by atoms with E-state index in [-0.39, 0.29) is 29.7 Å². The molecule has 2 aromatic rings. The number of fused-ring (bicyclic) bond motifs is 1. The third kappa shape index (κ3) is 3.53. The van der Waals surface area contributed by atoms with Gasteiger partial charge in [-0.05, 0) is 62.1 Å². The molecule has 2 fully saturated rings. The molecule has 3 aliphatic rings. The zero-order valence-electron chi connectivity index (χ0n) is 17.9. The number of rotatable bonds is 4. The first-order chi connectivity index (χ1) is 14.8. The molecule has 0 saturated carbocycles. The van der Waals surface area contributed by atoms with E-state index in [1.54, 1.807) is 4.90 Å². The molecular formula is C24H26N4O3. The fraction of sp³-hybridized carbons (Fsp3) is 0.417. The number of carbonyl (C=O) groups is 3. The van der Waals surface area contributed by atoms with Crippen LogP contribution in [0.4, 0.5) is 0 Å². The van der Waals surface area contributed by atoms with E-state index in [1.807, 2.05) is 24.4 Å². The van der Waals surface area contributed by atoms with Crippen LogP contribution >= 0.6 is 0 Å². The standard InChI is InChI=1S/C24H26N4O3/c1-24(2)8-10-27(24)13-15-7-9-25-19(11-15)16-3-4-18-17(12-16)14-28(23(18)31)20-5-6-21(29)26-22(20)30/h3-4,7,9,11-12,20H,5-6,8,10,13-14H2,1-2H3,(H,26,29,30). The van der Waals surface area contributed by atoms with Crippen molar-refractivity contribution in [1.29, 1.82) is 0 Å². The van der Waals surface area contributed by atoms with Gasteiger partial charge in [-0.25, -0.2) is 0 Å². The summed E-state index contributed by atoms with van der Waals surface area (Å²) in [6.45, 7) is 6.92. The molecule has 160 valence electrons. The predicted molar refractivity (Wildman–Crippen MR) is 115 cm³/mol. The minimum absolute atomic E-state index is 0.155. The van der Waals surface area contributed by atoms with E-state index in [4.69, 9.17) is 0 Å². The van der Waals surface area contributed by atoms with Crippen LogP contribution in [0.15, 0.2) is 36.5 Å². The number of piperidine rings is 1. The zero-order chi connectivity index (χ0) is 21.8. The van der Waals surface area contributed by atoms with Gasteiger partial charge in [-0.1, -0.05) is 6.07 Å². The van der Waals surface area contributed by atoms with Crippen LogP contribution in [0.3, 0.4) is 0 Å². The Labute approximate surface area is 181 Å². The second-order valence-electron chi connectivity index (χ2n) is 9.31. The summed E-state index contributed by atoms with van der Waals surface area (Å²) in [7, 11) is 0. The zero-order valence-corrected chi connectivity index (χ0v) is 17.9. The fourth-order valence-corrected chi connectivity index (χ4v) is 4.69. The van der Waals surface area contributed by atoms with Gasteiger partial charge in [-0.2, -0.15) is 0 Å². The molecule has 0 bridgehead atoms. The Morgan fingerprint density at radius 2 is 2.00 bits per heavy atom. The molecule has 7 nitrogen and oxygen atoms in total. The summed E-state index contributed by atoms with van der Waals surface area (Å²) >= 11 is 0. The van der Waals surface area contributed by atoms with E-state index in [2.05, 4.69) is 41.2 Å². The number of aromatic nitrogens is 1. The second-order valence-corrected chi connectivity index (χ2v) is 9.31. The first-order valence-electron chi connectivity index (χ1n) is 10.8. The molecular weight excluding hydrogens is 392 g/mol. The lowest BCUT2D eigenvalue weighted by Crippen LogP contribution is -2.54. The minimum atomic E-state index is -0.595. The quantitative estimate of drug-likeness (QED) is 0.772. The van der Waals surface area contributed by atoms with Crippen molar-refractivity contribution in [1.82, 2.24) is 20.1 Å². The van der Waals surface area contributed by atoms with Gasteiger partial charge in [-0.15, -0.1) is 0 Å². The summed E-state index contributed by atoms with van der Waals surface area (Å²) in [4.78, 5) is 45.2. The molecule has 1 aromatic heterocycles. The summed E-state index contributed by atoms with van der Waals surface area (Å²) in [5.41, 5.74) is 4.82. The predicted octanol–water partition coefficient (Wildman–Crippen LogP) is 2.49. The van der Waals surface area contributed by atoms with Crippen LogP contribution in [0.25, 0.3) is 11.3 Å². The maximum absolute atomic E-state index is 12.9. The lowest BCUT2D eigenvalue weighted by atomic mass is 9.88. The smallest absolute Gasteiger partial charge is 0.255 e. The number of pyridine rings is 1. The molecule has 0 spiro atoms. The van der Waals surface area contributed by atoms with E-state index in [0.29, 0.717) is 18.5 Å². The molecule has 5 rings (SSSR count).